The molecule has 19 heavy (non-hydrogen) atoms. The Labute approximate surface area is 135 Å². The van der Waals surface area contributed by atoms with E-state index in [1.807, 2.05) is 24.3 Å². The standard InChI is InChI=1S/C15H14Br2ClN/c1-9-7-12(4-6-14(9)17)19-10(2)13-5-3-11(16)8-15(13)18/h3-8,10,19H,1-2H3. The molecule has 2 rings (SSSR count). The average Bonchev–Trinajstić information content (AvgIpc) is 2.33. The predicted molar refractivity (Wildman–Crippen MR) is 90.1 cm³/mol. The van der Waals surface area contributed by atoms with Gasteiger partial charge in [-0.1, -0.05) is 49.5 Å². The van der Waals surface area contributed by atoms with E-state index in [2.05, 4.69) is 63.2 Å². The molecule has 1 atom stereocenters. The second-order valence-corrected chi connectivity index (χ2v) is 6.67. The Hall–Kier alpha value is -0.510. The molecule has 1 unspecified atom stereocenters. The van der Waals surface area contributed by atoms with Crippen molar-refractivity contribution >= 4 is 49.1 Å². The Kier molecular flexibility index (Phi) is 4.93. The number of hydrogen-bond donors (Lipinski definition) is 1. The first-order valence-electron chi connectivity index (χ1n) is 5.95. The summed E-state index contributed by atoms with van der Waals surface area (Å²) in [5.74, 6) is 0. The van der Waals surface area contributed by atoms with Gasteiger partial charge in [0, 0.05) is 25.7 Å². The van der Waals surface area contributed by atoms with Crippen LogP contribution in [0.15, 0.2) is 45.3 Å². The maximum Gasteiger partial charge on any atom is 0.0500 e. The molecule has 0 aliphatic carbocycles. The van der Waals surface area contributed by atoms with Crippen LogP contribution in [0.3, 0.4) is 0 Å². The molecule has 0 radical (unpaired) electrons. The lowest BCUT2D eigenvalue weighted by atomic mass is 10.1. The van der Waals surface area contributed by atoms with E-state index in [9.17, 15) is 0 Å². The van der Waals surface area contributed by atoms with Crippen molar-refractivity contribution < 1.29 is 0 Å². The summed E-state index contributed by atoms with van der Waals surface area (Å²) in [6, 6.07) is 12.3. The van der Waals surface area contributed by atoms with Gasteiger partial charge < -0.3 is 5.32 Å². The molecule has 0 aliphatic rings. The molecule has 4 heteroatoms. The van der Waals surface area contributed by atoms with Gasteiger partial charge in [-0.2, -0.15) is 0 Å². The zero-order valence-corrected chi connectivity index (χ0v) is 14.6. The number of aryl methyl sites for hydroxylation is 1. The van der Waals surface area contributed by atoms with E-state index in [4.69, 9.17) is 11.6 Å². The first-order chi connectivity index (χ1) is 8.97. The van der Waals surface area contributed by atoms with Crippen molar-refractivity contribution in [3.8, 4) is 0 Å². The van der Waals surface area contributed by atoms with Gasteiger partial charge in [-0.05, 0) is 55.3 Å². The maximum atomic E-state index is 6.27. The smallest absolute Gasteiger partial charge is 0.0500 e. The van der Waals surface area contributed by atoms with E-state index in [1.54, 1.807) is 0 Å². The van der Waals surface area contributed by atoms with Crippen LogP contribution in [0.2, 0.25) is 5.02 Å². The minimum atomic E-state index is 0.154. The van der Waals surface area contributed by atoms with Gasteiger partial charge >= 0.3 is 0 Å². The fraction of sp³-hybridized carbons (Fsp3) is 0.200. The maximum absolute atomic E-state index is 6.27. The number of rotatable bonds is 3. The third kappa shape index (κ3) is 3.74. The summed E-state index contributed by atoms with van der Waals surface area (Å²) in [5, 5.41) is 4.23. The second kappa shape index (κ2) is 6.29. The summed E-state index contributed by atoms with van der Waals surface area (Å²) in [6.07, 6.45) is 0. The number of halogens is 3. The van der Waals surface area contributed by atoms with Gasteiger partial charge in [0.1, 0.15) is 0 Å². The number of hydrogen-bond acceptors (Lipinski definition) is 1. The molecule has 100 valence electrons. The lowest BCUT2D eigenvalue weighted by Gasteiger charge is -2.18. The lowest BCUT2D eigenvalue weighted by molar-refractivity contribution is 0.884. The van der Waals surface area contributed by atoms with Crippen molar-refractivity contribution in [3.63, 3.8) is 0 Å². The normalized spacial score (nSPS) is 12.3. The van der Waals surface area contributed by atoms with Crippen molar-refractivity contribution in [2.24, 2.45) is 0 Å². The minimum Gasteiger partial charge on any atom is -0.378 e. The van der Waals surface area contributed by atoms with E-state index in [-0.39, 0.29) is 6.04 Å². The van der Waals surface area contributed by atoms with Crippen LogP contribution in [0.25, 0.3) is 0 Å². The molecule has 0 aliphatic heterocycles. The largest absolute Gasteiger partial charge is 0.378 e. The van der Waals surface area contributed by atoms with Gasteiger partial charge in [0.2, 0.25) is 0 Å². The monoisotopic (exact) mass is 401 g/mol. The topological polar surface area (TPSA) is 12.0 Å². The van der Waals surface area contributed by atoms with Crippen LogP contribution < -0.4 is 5.32 Å². The molecule has 0 spiro atoms. The average molecular weight is 404 g/mol. The summed E-state index contributed by atoms with van der Waals surface area (Å²) in [4.78, 5) is 0. The lowest BCUT2D eigenvalue weighted by Crippen LogP contribution is -2.07. The first kappa shape index (κ1) is 14.9. The number of benzene rings is 2. The van der Waals surface area contributed by atoms with Gasteiger partial charge in [-0.15, -0.1) is 0 Å². The van der Waals surface area contributed by atoms with E-state index in [0.29, 0.717) is 0 Å². The summed E-state index contributed by atoms with van der Waals surface area (Å²) in [7, 11) is 0. The van der Waals surface area contributed by atoms with E-state index in [0.717, 1.165) is 25.2 Å². The van der Waals surface area contributed by atoms with Crippen LogP contribution in [0.5, 0.6) is 0 Å². The van der Waals surface area contributed by atoms with Crippen molar-refractivity contribution in [2.45, 2.75) is 19.9 Å². The van der Waals surface area contributed by atoms with Gasteiger partial charge in [-0.3, -0.25) is 0 Å². The SMILES string of the molecule is Cc1cc(NC(C)c2ccc(Br)cc2Cl)ccc1Br. The zero-order chi connectivity index (χ0) is 14.0. The highest BCUT2D eigenvalue weighted by Crippen LogP contribution is 2.29. The fourth-order valence-corrected chi connectivity index (χ4v) is 3.00. The van der Waals surface area contributed by atoms with E-state index in [1.165, 1.54) is 5.56 Å². The highest BCUT2D eigenvalue weighted by molar-refractivity contribution is 9.10. The minimum absolute atomic E-state index is 0.154. The molecular formula is C15H14Br2ClN. The molecule has 2 aromatic rings. The quantitative estimate of drug-likeness (QED) is 0.630. The Morgan fingerprint density at radius 2 is 1.84 bits per heavy atom. The van der Waals surface area contributed by atoms with Crippen LogP contribution in [-0.2, 0) is 0 Å². The molecule has 2 aromatic carbocycles. The van der Waals surface area contributed by atoms with Crippen molar-refractivity contribution in [1.82, 2.24) is 0 Å². The molecule has 0 amide bonds. The predicted octanol–water partition coefficient (Wildman–Crippen LogP) is 6.35. The molecular weight excluding hydrogens is 389 g/mol. The van der Waals surface area contributed by atoms with Gasteiger partial charge in [-0.25, -0.2) is 0 Å². The number of anilines is 1. The van der Waals surface area contributed by atoms with Crippen LogP contribution in [-0.4, -0.2) is 0 Å². The molecule has 1 N–H and O–H groups in total. The first-order valence-corrected chi connectivity index (χ1v) is 7.91. The Balaban J connectivity index is 2.20. The summed E-state index contributed by atoms with van der Waals surface area (Å²) < 4.78 is 2.11. The third-order valence-corrected chi connectivity index (χ3v) is 4.68. The molecule has 0 saturated carbocycles. The van der Waals surface area contributed by atoms with Crippen LogP contribution >= 0.6 is 43.5 Å². The molecule has 0 aromatic heterocycles. The Bertz CT molecular complexity index is 599. The third-order valence-electron chi connectivity index (χ3n) is 2.97. The van der Waals surface area contributed by atoms with E-state index < -0.39 is 0 Å². The molecule has 0 saturated heterocycles. The van der Waals surface area contributed by atoms with Crippen LogP contribution in [0, 0.1) is 6.92 Å². The second-order valence-electron chi connectivity index (χ2n) is 4.50. The summed E-state index contributed by atoms with van der Waals surface area (Å²) >= 11 is 13.2. The van der Waals surface area contributed by atoms with Gasteiger partial charge in [0.15, 0.2) is 0 Å². The highest BCUT2D eigenvalue weighted by atomic mass is 79.9. The Morgan fingerprint density at radius 1 is 1.11 bits per heavy atom. The summed E-state index contributed by atoms with van der Waals surface area (Å²) in [5.41, 5.74) is 3.39. The highest BCUT2D eigenvalue weighted by Gasteiger charge is 2.10. The van der Waals surface area contributed by atoms with Gasteiger partial charge in [0.25, 0.3) is 0 Å². The van der Waals surface area contributed by atoms with Gasteiger partial charge in [0.05, 0.1) is 0 Å². The van der Waals surface area contributed by atoms with Crippen molar-refractivity contribution in [3.05, 3.63) is 61.5 Å². The molecule has 0 fully saturated rings. The summed E-state index contributed by atoms with van der Waals surface area (Å²) in [6.45, 7) is 4.18. The van der Waals surface area contributed by atoms with Crippen LogP contribution in [0.4, 0.5) is 5.69 Å². The molecule has 0 bridgehead atoms. The zero-order valence-electron chi connectivity index (χ0n) is 10.7. The van der Waals surface area contributed by atoms with Crippen molar-refractivity contribution in [2.75, 3.05) is 5.32 Å². The van der Waals surface area contributed by atoms with E-state index >= 15 is 0 Å². The molecule has 1 nitrogen and oxygen atoms in total. The van der Waals surface area contributed by atoms with Crippen LogP contribution in [0.1, 0.15) is 24.1 Å². The van der Waals surface area contributed by atoms with Crippen molar-refractivity contribution in [1.29, 1.82) is 0 Å². The fourth-order valence-electron chi connectivity index (χ4n) is 1.91. The Morgan fingerprint density at radius 3 is 2.47 bits per heavy atom. The molecule has 0 heterocycles. The number of nitrogens with one attached hydrogen (secondary N) is 1.